The number of rotatable bonds is 5. The van der Waals surface area contributed by atoms with Crippen molar-refractivity contribution < 1.29 is 9.59 Å². The third kappa shape index (κ3) is 4.39. The van der Waals surface area contributed by atoms with Crippen LogP contribution in [0.4, 0.5) is 11.5 Å². The first-order valence-electron chi connectivity index (χ1n) is 8.83. The summed E-state index contributed by atoms with van der Waals surface area (Å²) < 4.78 is 0. The predicted molar refractivity (Wildman–Crippen MR) is 106 cm³/mol. The molecule has 0 unspecified atom stereocenters. The zero-order chi connectivity index (χ0) is 19.6. The van der Waals surface area contributed by atoms with Crippen LogP contribution in [-0.4, -0.2) is 27.5 Å². The first-order valence-corrected chi connectivity index (χ1v) is 9.82. The number of benzene rings is 1. The molecule has 1 aliphatic heterocycles. The fraction of sp³-hybridized carbons (Fsp3) is 0.368. The third-order valence-electron chi connectivity index (χ3n) is 4.18. The van der Waals surface area contributed by atoms with Gasteiger partial charge in [0.05, 0.1) is 11.5 Å². The van der Waals surface area contributed by atoms with Crippen molar-refractivity contribution in [1.29, 1.82) is 0 Å². The van der Waals surface area contributed by atoms with E-state index in [0.29, 0.717) is 10.8 Å². The van der Waals surface area contributed by atoms with Crippen LogP contribution < -0.4 is 16.2 Å². The molecule has 1 aromatic heterocycles. The van der Waals surface area contributed by atoms with E-state index in [-0.39, 0.29) is 29.3 Å². The summed E-state index contributed by atoms with van der Waals surface area (Å²) in [4.78, 5) is 44.6. The van der Waals surface area contributed by atoms with Crippen molar-refractivity contribution in [2.45, 2.75) is 44.7 Å². The van der Waals surface area contributed by atoms with Gasteiger partial charge >= 0.3 is 0 Å². The summed E-state index contributed by atoms with van der Waals surface area (Å²) in [7, 11) is 0. The lowest BCUT2D eigenvalue weighted by Crippen LogP contribution is -2.36. The Morgan fingerprint density at radius 2 is 1.96 bits per heavy atom. The van der Waals surface area contributed by atoms with Gasteiger partial charge in [-0.15, -0.1) is 0 Å². The van der Waals surface area contributed by atoms with Gasteiger partial charge < -0.3 is 15.6 Å². The number of H-pyrrole nitrogens is 1. The van der Waals surface area contributed by atoms with Gasteiger partial charge in [-0.3, -0.25) is 14.4 Å². The molecule has 3 rings (SSSR count). The maximum Gasteiger partial charge on any atom is 0.257 e. The van der Waals surface area contributed by atoms with Crippen molar-refractivity contribution in [3.63, 3.8) is 0 Å². The van der Waals surface area contributed by atoms with Gasteiger partial charge in [-0.2, -0.15) is 0 Å². The molecule has 2 amide bonds. The van der Waals surface area contributed by atoms with Crippen LogP contribution in [0.3, 0.4) is 0 Å². The van der Waals surface area contributed by atoms with E-state index >= 15 is 0 Å². The molecule has 3 N–H and O–H groups in total. The Bertz CT molecular complexity index is 934. The van der Waals surface area contributed by atoms with Crippen LogP contribution in [-0.2, 0) is 9.59 Å². The Balaban J connectivity index is 1.92. The Morgan fingerprint density at radius 3 is 2.63 bits per heavy atom. The Hall–Kier alpha value is -2.61. The average Bonchev–Trinajstić information content (AvgIpc) is 2.57. The molecule has 2 aromatic rings. The monoisotopic (exact) mass is 386 g/mol. The highest BCUT2D eigenvalue weighted by molar-refractivity contribution is 7.99. The predicted octanol–water partition coefficient (Wildman–Crippen LogP) is 2.95. The van der Waals surface area contributed by atoms with Gasteiger partial charge in [0.2, 0.25) is 11.8 Å². The molecule has 2 heterocycles. The molecule has 8 heteroatoms. The summed E-state index contributed by atoms with van der Waals surface area (Å²) in [6.07, 6.45) is 0.842. The lowest BCUT2D eigenvalue weighted by molar-refractivity contribution is -0.123. The minimum atomic E-state index is -0.879. The van der Waals surface area contributed by atoms with E-state index in [1.807, 2.05) is 39.0 Å². The first-order chi connectivity index (χ1) is 12.9. The molecular weight excluding hydrogens is 364 g/mol. The van der Waals surface area contributed by atoms with Crippen LogP contribution in [0.2, 0.25) is 0 Å². The second-order valence-electron chi connectivity index (χ2n) is 6.65. The number of thioether (sulfide) groups is 1. The molecule has 0 radical (unpaired) electrons. The molecular formula is C19H22N4O3S. The van der Waals surface area contributed by atoms with Crippen molar-refractivity contribution in [3.05, 3.63) is 45.2 Å². The summed E-state index contributed by atoms with van der Waals surface area (Å²) in [6, 6.07) is 5.70. The van der Waals surface area contributed by atoms with Crippen LogP contribution in [0, 0.1) is 13.8 Å². The maximum atomic E-state index is 12.8. The second-order valence-corrected chi connectivity index (χ2v) is 7.74. The lowest BCUT2D eigenvalue weighted by Gasteiger charge is -2.23. The van der Waals surface area contributed by atoms with Gasteiger partial charge in [0.1, 0.15) is 5.82 Å². The molecule has 0 bridgehead atoms. The van der Waals surface area contributed by atoms with Crippen LogP contribution in [0.5, 0.6) is 0 Å². The topological polar surface area (TPSA) is 104 Å². The zero-order valence-corrected chi connectivity index (χ0v) is 16.3. The number of nitrogens with one attached hydrogen (secondary N) is 3. The van der Waals surface area contributed by atoms with Gasteiger partial charge in [-0.25, -0.2) is 4.98 Å². The summed E-state index contributed by atoms with van der Waals surface area (Å²) in [6.45, 7) is 5.91. The van der Waals surface area contributed by atoms with Crippen molar-refractivity contribution in [3.8, 4) is 0 Å². The van der Waals surface area contributed by atoms with E-state index in [0.717, 1.165) is 23.3 Å². The van der Waals surface area contributed by atoms with Crippen LogP contribution in [0.25, 0.3) is 0 Å². The summed E-state index contributed by atoms with van der Waals surface area (Å²) in [5.74, 6) is -0.623. The zero-order valence-electron chi connectivity index (χ0n) is 15.5. The van der Waals surface area contributed by atoms with E-state index in [1.165, 1.54) is 11.8 Å². The average molecular weight is 386 g/mol. The summed E-state index contributed by atoms with van der Waals surface area (Å²) in [5, 5.41) is 5.89. The number of aromatic nitrogens is 2. The normalized spacial score (nSPS) is 15.8. The molecule has 0 saturated heterocycles. The van der Waals surface area contributed by atoms with Gasteiger partial charge in [0.25, 0.3) is 5.56 Å². The van der Waals surface area contributed by atoms with Crippen LogP contribution in [0.15, 0.2) is 28.2 Å². The molecule has 7 nitrogen and oxygen atoms in total. The molecule has 1 aromatic carbocycles. The molecule has 1 aliphatic rings. The van der Waals surface area contributed by atoms with Gasteiger partial charge in [-0.05, 0) is 43.5 Å². The minimum absolute atomic E-state index is 0.0875. The Labute approximate surface area is 161 Å². The van der Waals surface area contributed by atoms with Crippen molar-refractivity contribution in [2.75, 3.05) is 16.4 Å². The maximum absolute atomic E-state index is 12.8. The Morgan fingerprint density at radius 1 is 1.26 bits per heavy atom. The van der Waals surface area contributed by atoms with Crippen molar-refractivity contribution in [2.24, 2.45) is 0 Å². The van der Waals surface area contributed by atoms with Crippen molar-refractivity contribution in [1.82, 2.24) is 9.97 Å². The molecule has 142 valence electrons. The molecule has 0 aliphatic carbocycles. The standard InChI is InChI=1S/C19H22N4O3S/c1-4-5-27-19-22-16-15(18(26)23-19)13(9-14(24)21-16)17(25)20-12-7-10(2)6-11(3)8-12/h6-8,13H,4-5,9H2,1-3H3,(H,20,25)(H2,21,22,23,24,26)/t13-/m1/s1. The number of anilines is 2. The smallest absolute Gasteiger partial charge is 0.257 e. The number of amides is 2. The van der Waals surface area contributed by atoms with Crippen LogP contribution >= 0.6 is 11.8 Å². The van der Waals surface area contributed by atoms with E-state index in [2.05, 4.69) is 20.6 Å². The summed E-state index contributed by atoms with van der Waals surface area (Å²) in [5.41, 5.74) is 2.49. The van der Waals surface area contributed by atoms with Crippen molar-refractivity contribution >= 4 is 35.1 Å². The molecule has 1 atom stereocenters. The third-order valence-corrected chi connectivity index (χ3v) is 5.26. The molecule has 27 heavy (non-hydrogen) atoms. The van der Waals surface area contributed by atoms with E-state index < -0.39 is 11.8 Å². The lowest BCUT2D eigenvalue weighted by atomic mass is 9.92. The molecule has 0 spiro atoms. The number of aryl methyl sites for hydroxylation is 2. The van der Waals surface area contributed by atoms with E-state index in [1.54, 1.807) is 0 Å². The SMILES string of the molecule is CCCSc1nc2c(c(=O)[nH]1)[C@H](C(=O)Nc1cc(C)cc(C)c1)CC(=O)N2. The largest absolute Gasteiger partial charge is 0.326 e. The number of carbonyl (C=O) groups excluding carboxylic acids is 2. The number of hydrogen-bond donors (Lipinski definition) is 3. The number of fused-ring (bicyclic) bond motifs is 1. The highest BCUT2D eigenvalue weighted by atomic mass is 32.2. The van der Waals surface area contributed by atoms with Gasteiger partial charge in [0.15, 0.2) is 5.16 Å². The van der Waals surface area contributed by atoms with Crippen LogP contribution in [0.1, 0.15) is 42.4 Å². The van der Waals surface area contributed by atoms with Gasteiger partial charge in [0, 0.05) is 17.9 Å². The number of carbonyl (C=O) groups is 2. The molecule has 0 saturated carbocycles. The Kier molecular flexibility index (Phi) is 5.65. The quantitative estimate of drug-likeness (QED) is 0.541. The number of hydrogen-bond acceptors (Lipinski definition) is 5. The minimum Gasteiger partial charge on any atom is -0.326 e. The van der Waals surface area contributed by atoms with Gasteiger partial charge in [-0.1, -0.05) is 24.8 Å². The fourth-order valence-corrected chi connectivity index (χ4v) is 3.84. The fourth-order valence-electron chi connectivity index (χ4n) is 3.12. The highest BCUT2D eigenvalue weighted by Crippen LogP contribution is 2.30. The second kappa shape index (κ2) is 7.96. The first kappa shape index (κ1) is 19.2. The highest BCUT2D eigenvalue weighted by Gasteiger charge is 2.34. The van der Waals surface area contributed by atoms with E-state index in [9.17, 15) is 14.4 Å². The number of nitrogens with zero attached hydrogens (tertiary/aromatic N) is 1. The molecule has 0 fully saturated rings. The van der Waals surface area contributed by atoms with E-state index in [4.69, 9.17) is 0 Å². The number of aromatic amines is 1. The summed E-state index contributed by atoms with van der Waals surface area (Å²) >= 11 is 1.41.